The molecule has 0 unspecified atom stereocenters. The van der Waals surface area contributed by atoms with Gasteiger partial charge in [0, 0.05) is 45.0 Å². The average molecular weight is 1830 g/mol. The lowest BCUT2D eigenvalue weighted by molar-refractivity contribution is -0.0281. The summed E-state index contributed by atoms with van der Waals surface area (Å²) in [4.78, 5) is 12.2. The van der Waals surface area contributed by atoms with Gasteiger partial charge in [-0.2, -0.15) is 0 Å². The number of allylic oxidation sites excluding steroid dienone is 1. The number of carbonyl (C=O) groups is 1. The third kappa shape index (κ3) is 55.1. The fourth-order valence-electron chi connectivity index (χ4n) is 13.3. The summed E-state index contributed by atoms with van der Waals surface area (Å²) in [6.07, 6.45) is 21.6. The second kappa shape index (κ2) is 76.5. The van der Waals surface area contributed by atoms with Crippen LogP contribution in [-0.4, -0.2) is 343 Å². The number of amides is 1. The highest BCUT2D eigenvalue weighted by Gasteiger charge is 2.42. The van der Waals surface area contributed by atoms with E-state index >= 15 is 0 Å². The van der Waals surface area contributed by atoms with Crippen LogP contribution in [0.15, 0.2) is 109 Å². The van der Waals surface area contributed by atoms with Crippen molar-refractivity contribution in [3.8, 4) is 16.9 Å². The quantitative estimate of drug-likeness (QED) is 0.0280. The summed E-state index contributed by atoms with van der Waals surface area (Å²) >= 11 is 0. The molecular weight excluding hydrogens is 1670 g/mol. The highest BCUT2D eigenvalue weighted by Crippen LogP contribution is 2.54. The van der Waals surface area contributed by atoms with Crippen LogP contribution < -0.4 is 10.1 Å². The van der Waals surface area contributed by atoms with Gasteiger partial charge in [0.05, 0.1) is 297 Å². The summed E-state index contributed by atoms with van der Waals surface area (Å²) in [6, 6.07) is 37.3. The van der Waals surface area contributed by atoms with Crippen LogP contribution in [0.2, 0.25) is 0 Å². The maximum Gasteiger partial charge on any atom is 0.407 e. The topological polar surface area (TPSA) is 269 Å². The number of nitrogens with one attached hydrogen (secondary N) is 1. The maximum absolute atomic E-state index is 12.2. The maximum atomic E-state index is 12.2. The molecule has 0 saturated heterocycles. The molecule has 5 aromatic rings. The van der Waals surface area contributed by atoms with E-state index < -0.39 is 11.7 Å². The summed E-state index contributed by atoms with van der Waals surface area (Å²) in [5.41, 5.74) is 13.2. The normalized spacial score (nSPS) is 12.6. The minimum absolute atomic E-state index is 0.278. The third-order valence-corrected chi connectivity index (χ3v) is 19.8. The van der Waals surface area contributed by atoms with Crippen molar-refractivity contribution in [2.45, 2.75) is 84.2 Å². The molecule has 0 saturated carbocycles. The van der Waals surface area contributed by atoms with Gasteiger partial charge in [-0.15, -0.1) is 0 Å². The summed E-state index contributed by atoms with van der Waals surface area (Å²) in [7, 11) is 3.29. The molecule has 1 aliphatic rings. The number of ether oxygens (including phenoxy) is 26. The number of hydrogen-bond donors (Lipinski definition) is 1. The molecule has 0 radical (unpaired) electrons. The number of carbonyl (C=O) groups excluding carboxylic acids is 1. The molecule has 730 valence electrons. The first-order valence-corrected chi connectivity index (χ1v) is 46.5. The summed E-state index contributed by atoms with van der Waals surface area (Å²) in [5, 5.41) is 2.85. The second-order valence-corrected chi connectivity index (χ2v) is 31.2. The zero-order valence-electron chi connectivity index (χ0n) is 79.1. The third-order valence-electron chi connectivity index (χ3n) is 19.8. The van der Waals surface area contributed by atoms with Gasteiger partial charge in [-0.25, -0.2) is 4.79 Å². The van der Waals surface area contributed by atoms with E-state index in [4.69, 9.17) is 123 Å². The smallest absolute Gasteiger partial charge is 0.407 e. The van der Waals surface area contributed by atoms with E-state index in [-0.39, 0.29) is 5.41 Å². The highest BCUT2D eigenvalue weighted by atomic mass is 16.6. The molecule has 0 aromatic heterocycles. The Kier molecular flexibility index (Phi) is 65.8. The van der Waals surface area contributed by atoms with Crippen LogP contribution >= 0.6 is 0 Å². The second-order valence-electron chi connectivity index (χ2n) is 31.2. The van der Waals surface area contributed by atoms with Gasteiger partial charge in [0.25, 0.3) is 0 Å². The van der Waals surface area contributed by atoms with Crippen LogP contribution in [0.25, 0.3) is 53.7 Å². The largest absolute Gasteiger partial charge is 0.493 e. The van der Waals surface area contributed by atoms with E-state index in [1.807, 2.05) is 33.8 Å². The minimum atomic E-state index is -0.552. The van der Waals surface area contributed by atoms with Gasteiger partial charge in [-0.05, 0) is 135 Å². The standard InChI is InChI=1S/C102H155NO27/c1-8-13-88-15-17-91(18-16-88)27-30-94-31-28-93(86-99(94)129-39-10-9-36-103-100(104)130-101(3,4)5)26-24-90-21-19-89(20-22-90)23-25-92-29-33-96-95-32-14-87(2)84-97(95)102(98(96)85-92,34-11-37-107-44-46-111-52-54-115-60-62-119-68-70-123-76-78-127-82-80-125-74-72-121-66-64-117-58-56-113-50-48-109-42-40-105-6)35-12-38-108-45-47-112-53-55-116-61-63-120-69-71-124-77-79-128-83-81-126-75-73-122-67-65-118-59-57-114-51-49-110-43-41-106-7/h8,13-33,84-86H,9-12,34-83H2,1-7H3,(H,103,104)/b13-8+,25-23+,26-24+,30-27+. The number of alkyl carbamates (subject to hydrolysis) is 1. The van der Waals surface area contributed by atoms with Gasteiger partial charge in [0.2, 0.25) is 0 Å². The number of fused-ring (bicyclic) bond motifs is 3. The van der Waals surface area contributed by atoms with Gasteiger partial charge in [0.15, 0.2) is 0 Å². The lowest BCUT2D eigenvalue weighted by atomic mass is 9.71. The van der Waals surface area contributed by atoms with E-state index in [1.165, 1.54) is 27.8 Å². The van der Waals surface area contributed by atoms with Crippen molar-refractivity contribution in [2.75, 3.05) is 331 Å². The predicted molar refractivity (Wildman–Crippen MR) is 507 cm³/mol. The number of unbranched alkanes of at least 4 members (excludes halogenated alkanes) is 1. The molecule has 28 nitrogen and oxygen atoms in total. The summed E-state index contributed by atoms with van der Waals surface area (Å²) in [6.45, 7) is 33.7. The predicted octanol–water partition coefficient (Wildman–Crippen LogP) is 14.7. The Labute approximate surface area is 775 Å². The Morgan fingerprint density at radius 1 is 0.292 bits per heavy atom. The highest BCUT2D eigenvalue weighted by molar-refractivity contribution is 5.84. The van der Waals surface area contributed by atoms with E-state index in [9.17, 15) is 4.79 Å². The van der Waals surface area contributed by atoms with Crippen molar-refractivity contribution in [1.29, 1.82) is 0 Å². The molecular formula is C102H155NO27. The Hall–Kier alpha value is -6.83. The first-order chi connectivity index (χ1) is 64.0. The van der Waals surface area contributed by atoms with Gasteiger partial charge < -0.3 is 128 Å². The zero-order valence-corrected chi connectivity index (χ0v) is 79.1. The number of rotatable bonds is 87. The van der Waals surface area contributed by atoms with Gasteiger partial charge >= 0.3 is 6.09 Å². The van der Waals surface area contributed by atoms with Crippen LogP contribution in [0.3, 0.4) is 0 Å². The molecule has 0 atom stereocenters. The molecule has 0 bridgehead atoms. The van der Waals surface area contributed by atoms with E-state index in [0.717, 1.165) is 83.2 Å². The van der Waals surface area contributed by atoms with E-state index in [1.54, 1.807) is 14.2 Å². The van der Waals surface area contributed by atoms with E-state index in [2.05, 4.69) is 158 Å². The molecule has 1 amide bonds. The lowest BCUT2D eigenvalue weighted by Crippen LogP contribution is -2.33. The van der Waals surface area contributed by atoms with Gasteiger partial charge in [0.1, 0.15) is 11.4 Å². The fraction of sp³-hybridized carbons (Fsp3) is 0.618. The number of aryl methyl sites for hydroxylation is 1. The van der Waals surface area contributed by atoms with Crippen molar-refractivity contribution < 1.29 is 128 Å². The van der Waals surface area contributed by atoms with Crippen molar-refractivity contribution in [1.82, 2.24) is 5.32 Å². The van der Waals surface area contributed by atoms with Crippen LogP contribution in [0.1, 0.15) is 122 Å². The van der Waals surface area contributed by atoms with Gasteiger partial charge in [-0.1, -0.05) is 151 Å². The molecule has 1 N–H and O–H groups in total. The Morgan fingerprint density at radius 3 is 0.885 bits per heavy atom. The number of benzene rings is 5. The Morgan fingerprint density at radius 2 is 0.562 bits per heavy atom. The van der Waals surface area contributed by atoms with Crippen LogP contribution in [0.5, 0.6) is 5.75 Å². The molecule has 0 aliphatic heterocycles. The van der Waals surface area contributed by atoms with Crippen molar-refractivity contribution in [3.63, 3.8) is 0 Å². The van der Waals surface area contributed by atoms with Crippen molar-refractivity contribution in [3.05, 3.63) is 165 Å². The lowest BCUT2D eigenvalue weighted by Gasteiger charge is -2.33. The first kappa shape index (κ1) is 112. The van der Waals surface area contributed by atoms with Gasteiger partial charge in [-0.3, -0.25) is 0 Å². The molecule has 0 heterocycles. The van der Waals surface area contributed by atoms with Crippen LogP contribution in [0, 0.1) is 6.92 Å². The molecule has 130 heavy (non-hydrogen) atoms. The monoisotopic (exact) mass is 1830 g/mol. The SMILES string of the molecule is C/C=C/c1ccc(/C=C/c2ccc(/C=C/c3ccc(/C=C/c4ccc5c(c4)C(CCCOCCOCCOCCOCCOCCOCCOCCOCCOCCOCCOCCOC)(CCCOCCOCCOCCOCCOCCOCCOCCOCCOCCOCCOCCOC)c4cc(C)ccc4-5)cc3)cc2OCCCCNC(=O)OC(C)(C)C)cc1. The number of hydrogen-bond acceptors (Lipinski definition) is 27. The molecule has 1 aliphatic carbocycles. The average Bonchev–Trinajstić information content (AvgIpc) is 1.56. The molecule has 0 fully saturated rings. The fourth-order valence-corrected chi connectivity index (χ4v) is 13.3. The molecule has 6 rings (SSSR count). The summed E-state index contributed by atoms with van der Waals surface area (Å²) < 4.78 is 146. The molecule has 28 heteroatoms. The summed E-state index contributed by atoms with van der Waals surface area (Å²) in [5.74, 6) is 0.789. The number of methoxy groups -OCH3 is 2. The Balaban J connectivity index is 0.894. The molecule has 0 spiro atoms. The van der Waals surface area contributed by atoms with Crippen LogP contribution in [-0.2, 0) is 124 Å². The van der Waals surface area contributed by atoms with Crippen molar-refractivity contribution >= 4 is 48.6 Å². The van der Waals surface area contributed by atoms with Crippen LogP contribution in [0.4, 0.5) is 4.79 Å². The molecule has 5 aromatic carbocycles. The zero-order chi connectivity index (χ0) is 92.0. The Bertz CT molecular complexity index is 3610. The van der Waals surface area contributed by atoms with Crippen molar-refractivity contribution in [2.24, 2.45) is 0 Å². The first-order valence-electron chi connectivity index (χ1n) is 46.5. The minimum Gasteiger partial charge on any atom is -0.493 e. The van der Waals surface area contributed by atoms with E-state index in [0.29, 0.717) is 317 Å².